The van der Waals surface area contributed by atoms with Crippen LogP contribution in [0.2, 0.25) is 0 Å². The Morgan fingerprint density at radius 2 is 2.14 bits per heavy atom. The van der Waals surface area contributed by atoms with Crippen molar-refractivity contribution in [2.24, 2.45) is 4.99 Å². The van der Waals surface area contributed by atoms with Gasteiger partial charge in [-0.05, 0) is 31.9 Å². The van der Waals surface area contributed by atoms with Crippen LogP contribution in [-0.4, -0.2) is 29.0 Å². The fourth-order valence-corrected chi connectivity index (χ4v) is 2.94. The number of guanidine groups is 1. The molecule has 3 atom stereocenters. The molecular weight excluding hydrogens is 276 g/mol. The number of carbonyl (C=O) groups excluding carboxylic acids is 1. The average Bonchev–Trinajstić information content (AvgIpc) is 2.87. The number of aliphatic imine (C=N–C) groups is 1. The molecule has 2 aliphatic heterocycles. The minimum Gasteiger partial charge on any atom is -0.350 e. The lowest BCUT2D eigenvalue weighted by Crippen LogP contribution is -2.45. The van der Waals surface area contributed by atoms with Crippen molar-refractivity contribution in [3.05, 3.63) is 48.2 Å². The number of amides is 1. The van der Waals surface area contributed by atoms with E-state index in [0.717, 1.165) is 6.42 Å². The summed E-state index contributed by atoms with van der Waals surface area (Å²) in [4.78, 5) is 18.5. The van der Waals surface area contributed by atoms with Crippen LogP contribution in [0.25, 0.3) is 0 Å². The second kappa shape index (κ2) is 6.22. The van der Waals surface area contributed by atoms with Crippen molar-refractivity contribution >= 4 is 11.9 Å². The van der Waals surface area contributed by atoms with Crippen LogP contribution in [0, 0.1) is 0 Å². The summed E-state index contributed by atoms with van der Waals surface area (Å²) in [5, 5.41) is 6.49. The van der Waals surface area contributed by atoms with Gasteiger partial charge >= 0.3 is 0 Å². The number of likely N-dealkylation sites (tertiary alicyclic amines) is 1. The van der Waals surface area contributed by atoms with Crippen LogP contribution in [0.15, 0.2) is 47.6 Å². The highest BCUT2D eigenvalue weighted by atomic mass is 16.2. The van der Waals surface area contributed by atoms with E-state index in [9.17, 15) is 4.79 Å². The predicted octanol–water partition coefficient (Wildman–Crippen LogP) is 2.15. The molecule has 0 aliphatic carbocycles. The van der Waals surface area contributed by atoms with Gasteiger partial charge < -0.3 is 15.5 Å². The molecule has 3 rings (SSSR count). The monoisotopic (exact) mass is 298 g/mol. The van der Waals surface area contributed by atoms with E-state index in [1.165, 1.54) is 5.56 Å². The molecule has 1 amide bonds. The zero-order chi connectivity index (χ0) is 15.5. The third kappa shape index (κ3) is 2.98. The number of rotatable bonds is 3. The van der Waals surface area contributed by atoms with Crippen LogP contribution in [-0.2, 0) is 4.79 Å². The maximum absolute atomic E-state index is 12.0. The van der Waals surface area contributed by atoms with Gasteiger partial charge in [0.15, 0.2) is 5.96 Å². The molecular formula is C17H22N4O. The van der Waals surface area contributed by atoms with Gasteiger partial charge in [-0.3, -0.25) is 4.79 Å². The Labute approximate surface area is 131 Å². The molecule has 0 bridgehead atoms. The highest BCUT2D eigenvalue weighted by molar-refractivity contribution is 5.84. The SMILES string of the molecule is CC(NC1=NC(N2C(=O)CC[C@H]2C)C=CN1)c1ccccc1. The lowest BCUT2D eigenvalue weighted by molar-refractivity contribution is -0.129. The van der Waals surface area contributed by atoms with Crippen molar-refractivity contribution in [3.8, 4) is 0 Å². The van der Waals surface area contributed by atoms with E-state index in [1.54, 1.807) is 0 Å². The van der Waals surface area contributed by atoms with Crippen LogP contribution >= 0.6 is 0 Å². The first-order valence-corrected chi connectivity index (χ1v) is 7.79. The Bertz CT molecular complexity index is 596. The number of nitrogens with zero attached hydrogens (tertiary/aromatic N) is 2. The van der Waals surface area contributed by atoms with E-state index in [-0.39, 0.29) is 24.2 Å². The molecule has 0 saturated carbocycles. The minimum atomic E-state index is -0.211. The van der Waals surface area contributed by atoms with Gasteiger partial charge in [-0.25, -0.2) is 4.99 Å². The summed E-state index contributed by atoms with van der Waals surface area (Å²) in [6, 6.07) is 10.6. The first-order valence-electron chi connectivity index (χ1n) is 7.79. The van der Waals surface area contributed by atoms with Gasteiger partial charge in [0.2, 0.25) is 5.91 Å². The zero-order valence-corrected chi connectivity index (χ0v) is 13.0. The quantitative estimate of drug-likeness (QED) is 0.899. The van der Waals surface area contributed by atoms with Crippen LogP contribution in [0.3, 0.4) is 0 Å². The Balaban J connectivity index is 1.71. The molecule has 1 aromatic rings. The molecule has 2 aliphatic rings. The Morgan fingerprint density at radius 3 is 2.82 bits per heavy atom. The van der Waals surface area contributed by atoms with E-state index in [2.05, 4.69) is 41.6 Å². The van der Waals surface area contributed by atoms with Gasteiger partial charge in [0.05, 0.1) is 6.04 Å². The van der Waals surface area contributed by atoms with Gasteiger partial charge in [0.1, 0.15) is 6.17 Å². The van der Waals surface area contributed by atoms with E-state index in [0.29, 0.717) is 12.4 Å². The second-order valence-corrected chi connectivity index (χ2v) is 5.86. The highest BCUT2D eigenvalue weighted by Crippen LogP contribution is 2.23. The molecule has 1 aromatic carbocycles. The number of carbonyl (C=O) groups is 1. The van der Waals surface area contributed by atoms with E-state index < -0.39 is 0 Å². The lowest BCUT2D eigenvalue weighted by Gasteiger charge is -2.30. The molecule has 0 radical (unpaired) electrons. The topological polar surface area (TPSA) is 56.7 Å². The van der Waals surface area contributed by atoms with Crippen molar-refractivity contribution in [3.63, 3.8) is 0 Å². The van der Waals surface area contributed by atoms with E-state index in [4.69, 9.17) is 0 Å². The largest absolute Gasteiger partial charge is 0.350 e. The van der Waals surface area contributed by atoms with Crippen LogP contribution in [0.1, 0.15) is 38.3 Å². The van der Waals surface area contributed by atoms with Crippen LogP contribution < -0.4 is 10.6 Å². The average molecular weight is 298 g/mol. The molecule has 116 valence electrons. The smallest absolute Gasteiger partial charge is 0.224 e. The van der Waals surface area contributed by atoms with Crippen LogP contribution in [0.4, 0.5) is 0 Å². The van der Waals surface area contributed by atoms with Gasteiger partial charge in [0.25, 0.3) is 0 Å². The number of benzene rings is 1. The molecule has 5 heteroatoms. The summed E-state index contributed by atoms with van der Waals surface area (Å²) >= 11 is 0. The van der Waals surface area contributed by atoms with E-state index >= 15 is 0 Å². The normalized spacial score (nSPS) is 25.6. The summed E-state index contributed by atoms with van der Waals surface area (Å²) in [5.41, 5.74) is 1.20. The van der Waals surface area contributed by atoms with Gasteiger partial charge in [-0.15, -0.1) is 0 Å². The molecule has 0 spiro atoms. The molecule has 2 N–H and O–H groups in total. The molecule has 0 aromatic heterocycles. The summed E-state index contributed by atoms with van der Waals surface area (Å²) < 4.78 is 0. The summed E-state index contributed by atoms with van der Waals surface area (Å²) in [6.45, 7) is 4.17. The Kier molecular flexibility index (Phi) is 4.13. The second-order valence-electron chi connectivity index (χ2n) is 5.86. The van der Waals surface area contributed by atoms with Crippen LogP contribution in [0.5, 0.6) is 0 Å². The highest BCUT2D eigenvalue weighted by Gasteiger charge is 2.33. The molecule has 1 saturated heterocycles. The third-order valence-electron chi connectivity index (χ3n) is 4.23. The van der Waals surface area contributed by atoms with E-state index in [1.807, 2.05) is 35.4 Å². The summed E-state index contributed by atoms with van der Waals surface area (Å²) in [5.74, 6) is 0.888. The first kappa shape index (κ1) is 14.6. The Morgan fingerprint density at radius 1 is 1.36 bits per heavy atom. The molecule has 5 nitrogen and oxygen atoms in total. The number of hydrogen-bond donors (Lipinski definition) is 2. The summed E-state index contributed by atoms with van der Waals surface area (Å²) in [7, 11) is 0. The zero-order valence-electron chi connectivity index (χ0n) is 13.0. The Hall–Kier alpha value is -2.30. The molecule has 1 fully saturated rings. The standard InChI is InChI=1S/C17H22N4O/c1-12-8-9-16(22)21(12)15-10-11-18-17(20-15)19-13(2)14-6-4-3-5-7-14/h3-7,10-13,15H,8-9H2,1-2H3,(H2,18,19,20)/t12-,13?,15?/m1/s1. The third-order valence-corrected chi connectivity index (χ3v) is 4.23. The predicted molar refractivity (Wildman–Crippen MR) is 87.0 cm³/mol. The van der Waals surface area contributed by atoms with Crippen molar-refractivity contribution in [1.82, 2.24) is 15.5 Å². The fourth-order valence-electron chi connectivity index (χ4n) is 2.94. The number of hydrogen-bond acceptors (Lipinski definition) is 4. The van der Waals surface area contributed by atoms with Crippen molar-refractivity contribution in [1.29, 1.82) is 0 Å². The minimum absolute atomic E-state index is 0.145. The van der Waals surface area contributed by atoms with Gasteiger partial charge in [-0.1, -0.05) is 30.3 Å². The maximum Gasteiger partial charge on any atom is 0.224 e. The number of nitrogens with one attached hydrogen (secondary N) is 2. The van der Waals surface area contributed by atoms with Crippen molar-refractivity contribution in [2.45, 2.75) is 44.9 Å². The van der Waals surface area contributed by atoms with Crippen molar-refractivity contribution < 1.29 is 4.79 Å². The molecule has 2 unspecified atom stereocenters. The molecule has 2 heterocycles. The summed E-state index contributed by atoms with van der Waals surface area (Å²) in [6.07, 6.45) is 5.11. The molecule has 22 heavy (non-hydrogen) atoms. The fraction of sp³-hybridized carbons (Fsp3) is 0.412. The maximum atomic E-state index is 12.0. The van der Waals surface area contributed by atoms with Gasteiger partial charge in [0, 0.05) is 18.7 Å². The van der Waals surface area contributed by atoms with Crippen molar-refractivity contribution in [2.75, 3.05) is 0 Å². The first-order chi connectivity index (χ1) is 10.6. The van der Waals surface area contributed by atoms with Gasteiger partial charge in [-0.2, -0.15) is 0 Å². The lowest BCUT2D eigenvalue weighted by atomic mass is 10.1.